The van der Waals surface area contributed by atoms with Gasteiger partial charge in [0.1, 0.15) is 10.8 Å². The molecule has 1 N–H and O–H groups in total. The first-order chi connectivity index (χ1) is 13.1. The van der Waals surface area contributed by atoms with Crippen LogP contribution in [-0.2, 0) is 11.2 Å². The van der Waals surface area contributed by atoms with Gasteiger partial charge in [0.15, 0.2) is 0 Å². The molecule has 0 aliphatic rings. The van der Waals surface area contributed by atoms with Crippen LogP contribution in [0.15, 0.2) is 54.6 Å². The second-order valence-corrected chi connectivity index (χ2v) is 7.29. The van der Waals surface area contributed by atoms with E-state index < -0.39 is 0 Å². The van der Waals surface area contributed by atoms with Gasteiger partial charge in [-0.25, -0.2) is 0 Å². The molecule has 3 aromatic rings. The lowest BCUT2D eigenvalue weighted by Crippen LogP contribution is -2.07. The average Bonchev–Trinajstić information content (AvgIpc) is 3.08. The number of aryl methyl sites for hydroxylation is 1. The maximum atomic E-state index is 12.0. The third-order valence-electron chi connectivity index (χ3n) is 3.57. The fourth-order valence-corrected chi connectivity index (χ4v) is 3.11. The number of halogens is 1. The first-order valence-electron chi connectivity index (χ1n) is 8.35. The Bertz CT molecular complexity index is 938. The van der Waals surface area contributed by atoms with Crippen molar-refractivity contribution >= 4 is 40.1 Å². The molecule has 0 aliphatic heterocycles. The molecule has 7 heteroatoms. The van der Waals surface area contributed by atoms with E-state index >= 15 is 0 Å². The summed E-state index contributed by atoms with van der Waals surface area (Å²) in [5, 5.41) is 12.7. The van der Waals surface area contributed by atoms with E-state index in [0.717, 1.165) is 21.9 Å². The van der Waals surface area contributed by atoms with Crippen LogP contribution in [-0.4, -0.2) is 22.7 Å². The summed E-state index contributed by atoms with van der Waals surface area (Å²) < 4.78 is 5.71. The predicted molar refractivity (Wildman–Crippen MR) is 109 cm³/mol. The number of nitrogens with one attached hydrogen (secondary N) is 1. The molecule has 0 saturated heterocycles. The molecule has 1 heterocycles. The van der Waals surface area contributed by atoms with E-state index in [1.54, 1.807) is 18.2 Å². The number of benzene rings is 2. The molecule has 0 radical (unpaired) electrons. The van der Waals surface area contributed by atoms with Crippen LogP contribution >= 0.6 is 22.9 Å². The number of carbonyl (C=O) groups is 1. The molecule has 5 nitrogen and oxygen atoms in total. The van der Waals surface area contributed by atoms with Gasteiger partial charge < -0.3 is 4.74 Å². The highest BCUT2D eigenvalue weighted by atomic mass is 35.5. The number of amides is 1. The number of hydrogen-bond acceptors (Lipinski definition) is 5. The van der Waals surface area contributed by atoms with E-state index in [-0.39, 0.29) is 5.91 Å². The summed E-state index contributed by atoms with van der Waals surface area (Å²) in [6, 6.07) is 15.1. The Hall–Kier alpha value is -2.70. The number of carbonyl (C=O) groups excluding carboxylic acids is 1. The van der Waals surface area contributed by atoms with Gasteiger partial charge in [0.2, 0.25) is 11.0 Å². The molecular formula is C20H18ClN3O2S. The molecule has 1 aromatic heterocycles. The standard InChI is InChI=1S/C20H18ClN3O2S/c1-14-3-2-4-17(13-14)26-12-11-19-23-24-20(27-19)22-18(25)10-7-15-5-8-16(21)9-6-15/h2-10,13H,11-12H2,1H3,(H,22,24,25)/b10-7+. The molecule has 0 saturated carbocycles. The smallest absolute Gasteiger partial charge is 0.250 e. The van der Waals surface area contributed by atoms with E-state index in [1.165, 1.54) is 17.4 Å². The maximum absolute atomic E-state index is 12.0. The van der Waals surface area contributed by atoms with Gasteiger partial charge in [-0.1, -0.05) is 47.2 Å². The van der Waals surface area contributed by atoms with Crippen molar-refractivity contribution in [2.24, 2.45) is 0 Å². The number of aromatic nitrogens is 2. The van der Waals surface area contributed by atoms with Crippen LogP contribution in [0.4, 0.5) is 5.13 Å². The minimum Gasteiger partial charge on any atom is -0.493 e. The first kappa shape index (κ1) is 19.1. The van der Waals surface area contributed by atoms with Crippen molar-refractivity contribution < 1.29 is 9.53 Å². The van der Waals surface area contributed by atoms with Crippen LogP contribution in [0.25, 0.3) is 6.08 Å². The predicted octanol–water partition coefficient (Wildman–Crippen LogP) is 4.77. The van der Waals surface area contributed by atoms with Crippen LogP contribution in [0.5, 0.6) is 5.75 Å². The van der Waals surface area contributed by atoms with Gasteiger partial charge in [0.25, 0.3) is 0 Å². The largest absolute Gasteiger partial charge is 0.493 e. The SMILES string of the molecule is Cc1cccc(OCCc2nnc(NC(=O)/C=C/c3ccc(Cl)cc3)s2)c1. The highest BCUT2D eigenvalue weighted by Gasteiger charge is 2.07. The minimum absolute atomic E-state index is 0.260. The third-order valence-corrected chi connectivity index (χ3v) is 4.72. The normalized spacial score (nSPS) is 10.9. The van der Waals surface area contributed by atoms with Crippen molar-refractivity contribution in [2.45, 2.75) is 13.3 Å². The zero-order valence-electron chi connectivity index (χ0n) is 14.7. The second-order valence-electron chi connectivity index (χ2n) is 5.79. The summed E-state index contributed by atoms with van der Waals surface area (Å²) in [6.45, 7) is 2.52. The van der Waals surface area contributed by atoms with Gasteiger partial charge >= 0.3 is 0 Å². The van der Waals surface area contributed by atoms with Gasteiger partial charge in [0, 0.05) is 17.5 Å². The van der Waals surface area contributed by atoms with E-state index in [0.29, 0.717) is 23.2 Å². The summed E-state index contributed by atoms with van der Waals surface area (Å²) in [7, 11) is 0. The van der Waals surface area contributed by atoms with Gasteiger partial charge in [-0.3, -0.25) is 10.1 Å². The highest BCUT2D eigenvalue weighted by molar-refractivity contribution is 7.15. The van der Waals surface area contributed by atoms with Gasteiger partial charge in [-0.2, -0.15) is 0 Å². The third kappa shape index (κ3) is 6.20. The van der Waals surface area contributed by atoms with Crippen LogP contribution in [0.2, 0.25) is 5.02 Å². The summed E-state index contributed by atoms with van der Waals surface area (Å²) in [5.74, 6) is 0.573. The van der Waals surface area contributed by atoms with E-state index in [9.17, 15) is 4.79 Å². The van der Waals surface area contributed by atoms with Gasteiger partial charge in [-0.05, 0) is 48.4 Å². The molecule has 0 aliphatic carbocycles. The van der Waals surface area contributed by atoms with Crippen molar-refractivity contribution in [1.29, 1.82) is 0 Å². The molecule has 27 heavy (non-hydrogen) atoms. The summed E-state index contributed by atoms with van der Waals surface area (Å²) in [5.41, 5.74) is 2.04. The van der Waals surface area contributed by atoms with Crippen LogP contribution in [0.3, 0.4) is 0 Å². The van der Waals surface area contributed by atoms with Crippen LogP contribution in [0, 0.1) is 6.92 Å². The maximum Gasteiger partial charge on any atom is 0.250 e. The second kappa shape index (κ2) is 9.30. The number of rotatable bonds is 7. The topological polar surface area (TPSA) is 64.1 Å². The van der Waals surface area contributed by atoms with Gasteiger partial charge in [0.05, 0.1) is 6.61 Å². The number of ether oxygens (including phenoxy) is 1. The van der Waals surface area contributed by atoms with Crippen LogP contribution in [0.1, 0.15) is 16.1 Å². The molecule has 3 rings (SSSR count). The lowest BCUT2D eigenvalue weighted by atomic mass is 10.2. The molecular weight excluding hydrogens is 382 g/mol. The van der Waals surface area contributed by atoms with E-state index in [1.807, 2.05) is 43.3 Å². The number of nitrogens with zero attached hydrogens (tertiary/aromatic N) is 2. The average molecular weight is 400 g/mol. The first-order valence-corrected chi connectivity index (χ1v) is 9.54. The zero-order valence-corrected chi connectivity index (χ0v) is 16.3. The Morgan fingerprint density at radius 3 is 2.81 bits per heavy atom. The lowest BCUT2D eigenvalue weighted by molar-refractivity contribution is -0.111. The lowest BCUT2D eigenvalue weighted by Gasteiger charge is -2.04. The quantitative estimate of drug-likeness (QED) is 0.581. The summed E-state index contributed by atoms with van der Waals surface area (Å²) in [4.78, 5) is 12.0. The van der Waals surface area contributed by atoms with Crippen molar-refractivity contribution in [3.63, 3.8) is 0 Å². The molecule has 2 aromatic carbocycles. The molecule has 0 spiro atoms. The molecule has 1 amide bonds. The Kier molecular flexibility index (Phi) is 6.57. The Labute approximate surface area is 166 Å². The highest BCUT2D eigenvalue weighted by Crippen LogP contribution is 2.17. The Balaban J connectivity index is 1.47. The minimum atomic E-state index is -0.260. The molecule has 0 unspecified atom stereocenters. The van der Waals surface area contributed by atoms with E-state index in [4.69, 9.17) is 16.3 Å². The molecule has 0 bridgehead atoms. The van der Waals surface area contributed by atoms with Crippen molar-refractivity contribution in [1.82, 2.24) is 10.2 Å². The summed E-state index contributed by atoms with van der Waals surface area (Å²) >= 11 is 7.17. The number of anilines is 1. The molecule has 138 valence electrons. The monoisotopic (exact) mass is 399 g/mol. The van der Waals surface area contributed by atoms with Crippen molar-refractivity contribution in [2.75, 3.05) is 11.9 Å². The Morgan fingerprint density at radius 2 is 2.04 bits per heavy atom. The Morgan fingerprint density at radius 1 is 1.22 bits per heavy atom. The fraction of sp³-hybridized carbons (Fsp3) is 0.150. The van der Waals surface area contributed by atoms with Gasteiger partial charge in [-0.15, -0.1) is 10.2 Å². The fourth-order valence-electron chi connectivity index (χ4n) is 2.26. The van der Waals surface area contributed by atoms with Crippen molar-refractivity contribution in [3.05, 3.63) is 75.8 Å². The van der Waals surface area contributed by atoms with Crippen molar-refractivity contribution in [3.8, 4) is 5.75 Å². The summed E-state index contributed by atoms with van der Waals surface area (Å²) in [6.07, 6.45) is 3.79. The van der Waals surface area contributed by atoms with E-state index in [2.05, 4.69) is 15.5 Å². The van der Waals surface area contributed by atoms with Crippen LogP contribution < -0.4 is 10.1 Å². The number of hydrogen-bond donors (Lipinski definition) is 1. The molecule has 0 atom stereocenters. The molecule has 0 fully saturated rings. The zero-order chi connectivity index (χ0) is 19.1.